The molecule has 118 valence electrons. The third kappa shape index (κ3) is 6.05. The van der Waals surface area contributed by atoms with Gasteiger partial charge in [0.25, 0.3) is 0 Å². The van der Waals surface area contributed by atoms with Crippen LogP contribution in [0.2, 0.25) is 0 Å². The molecule has 0 aliphatic rings. The number of carbonyl (C=O) groups is 1. The lowest BCUT2D eigenvalue weighted by atomic mass is 10.1. The average Bonchev–Trinajstić information content (AvgIpc) is 2.38. The first-order valence-electron chi connectivity index (χ1n) is 6.27. The van der Waals surface area contributed by atoms with E-state index in [-0.39, 0.29) is 17.2 Å². The van der Waals surface area contributed by atoms with Crippen molar-refractivity contribution in [1.29, 1.82) is 0 Å². The van der Waals surface area contributed by atoms with Crippen LogP contribution >= 0.6 is 15.9 Å². The molecule has 1 rings (SSSR count). The Bertz CT molecular complexity index is 462. The molecular weight excluding hydrogens is 351 g/mol. The van der Waals surface area contributed by atoms with Crippen LogP contribution < -0.4 is 0 Å². The monoisotopic (exact) mass is 367 g/mol. The number of hydrogen-bond donors (Lipinski definition) is 0. The summed E-state index contributed by atoms with van der Waals surface area (Å²) in [6.07, 6.45) is -4.29. The highest BCUT2D eigenvalue weighted by Crippen LogP contribution is 2.29. The van der Waals surface area contributed by atoms with Gasteiger partial charge in [0.15, 0.2) is 0 Å². The van der Waals surface area contributed by atoms with Crippen molar-refractivity contribution in [1.82, 2.24) is 4.90 Å². The zero-order chi connectivity index (χ0) is 16.0. The number of amides is 1. The molecule has 0 N–H and O–H groups in total. The van der Waals surface area contributed by atoms with Crippen molar-refractivity contribution in [2.45, 2.75) is 17.4 Å². The summed E-state index contributed by atoms with van der Waals surface area (Å²) in [4.78, 5) is 13.5. The minimum atomic E-state index is -4.36. The number of rotatable bonds is 6. The zero-order valence-corrected chi connectivity index (χ0v) is 13.4. The summed E-state index contributed by atoms with van der Waals surface area (Å²) in [5.74, 6) is -0.157. The van der Waals surface area contributed by atoms with E-state index in [1.165, 1.54) is 17.0 Å². The van der Waals surface area contributed by atoms with Crippen LogP contribution in [0.5, 0.6) is 0 Å². The lowest BCUT2D eigenvalue weighted by Crippen LogP contribution is -2.34. The summed E-state index contributed by atoms with van der Waals surface area (Å²) < 4.78 is 42.3. The Labute approximate surface area is 130 Å². The molecule has 0 spiro atoms. The predicted molar refractivity (Wildman–Crippen MR) is 77.4 cm³/mol. The molecule has 0 aliphatic heterocycles. The number of carbonyl (C=O) groups excluding carboxylic acids is 1. The number of halogens is 4. The molecule has 0 heterocycles. The molecule has 1 aromatic carbocycles. The van der Waals surface area contributed by atoms with Crippen molar-refractivity contribution in [2.24, 2.45) is 0 Å². The Hall–Kier alpha value is -1.08. The second-order valence-corrected chi connectivity index (χ2v) is 5.99. The molecule has 0 fully saturated rings. The van der Waals surface area contributed by atoms with E-state index in [4.69, 9.17) is 4.74 Å². The number of ether oxygens (including phenoxy) is 1. The SMILES string of the molecule is COCC(Br)CN(C)C(=O)Cc1ccc(C(F)(F)F)cc1. The van der Waals surface area contributed by atoms with E-state index in [9.17, 15) is 18.0 Å². The van der Waals surface area contributed by atoms with Gasteiger partial charge in [-0.05, 0) is 17.7 Å². The molecular formula is C14H17BrF3NO2. The molecule has 1 aromatic rings. The number of hydrogen-bond acceptors (Lipinski definition) is 2. The molecule has 3 nitrogen and oxygen atoms in total. The second kappa shape index (κ2) is 7.79. The standard InChI is InChI=1S/C14H17BrF3NO2/c1-19(8-12(15)9-21-2)13(20)7-10-3-5-11(6-4-10)14(16,17)18/h3-6,12H,7-9H2,1-2H3. The maximum absolute atomic E-state index is 12.4. The van der Waals surface area contributed by atoms with Crippen LogP contribution in [0.15, 0.2) is 24.3 Å². The van der Waals surface area contributed by atoms with Crippen LogP contribution in [0, 0.1) is 0 Å². The highest BCUT2D eigenvalue weighted by Gasteiger charge is 2.30. The maximum Gasteiger partial charge on any atom is 0.416 e. The number of likely N-dealkylation sites (N-methyl/N-ethyl adjacent to an activating group) is 1. The summed E-state index contributed by atoms with van der Waals surface area (Å²) in [7, 11) is 3.22. The third-order valence-corrected chi connectivity index (χ3v) is 3.44. The third-order valence-electron chi connectivity index (χ3n) is 2.88. The number of methoxy groups -OCH3 is 1. The topological polar surface area (TPSA) is 29.5 Å². The quantitative estimate of drug-likeness (QED) is 0.723. The summed E-state index contributed by atoms with van der Waals surface area (Å²) in [5.41, 5.74) is -0.162. The molecule has 0 aromatic heterocycles. The van der Waals surface area contributed by atoms with Crippen molar-refractivity contribution in [3.05, 3.63) is 35.4 Å². The van der Waals surface area contributed by atoms with Crippen molar-refractivity contribution in [3.63, 3.8) is 0 Å². The van der Waals surface area contributed by atoms with Gasteiger partial charge < -0.3 is 9.64 Å². The summed E-state index contributed by atoms with van der Waals surface area (Å²) in [6, 6.07) is 4.63. The molecule has 0 bridgehead atoms. The second-order valence-electron chi connectivity index (χ2n) is 4.70. The van der Waals surface area contributed by atoms with Crippen LogP contribution in [-0.4, -0.2) is 42.9 Å². The molecule has 0 aliphatic carbocycles. The van der Waals surface area contributed by atoms with Gasteiger partial charge in [0.05, 0.1) is 23.4 Å². The van der Waals surface area contributed by atoms with Gasteiger partial charge in [-0.25, -0.2) is 0 Å². The molecule has 0 saturated carbocycles. The van der Waals surface area contributed by atoms with Gasteiger partial charge in [-0.2, -0.15) is 13.2 Å². The van der Waals surface area contributed by atoms with Gasteiger partial charge in [-0.1, -0.05) is 28.1 Å². The zero-order valence-electron chi connectivity index (χ0n) is 11.8. The Morgan fingerprint density at radius 3 is 2.38 bits per heavy atom. The van der Waals surface area contributed by atoms with Crippen molar-refractivity contribution in [3.8, 4) is 0 Å². The fourth-order valence-corrected chi connectivity index (χ4v) is 2.45. The van der Waals surface area contributed by atoms with E-state index in [2.05, 4.69) is 15.9 Å². The van der Waals surface area contributed by atoms with Crippen LogP contribution in [0.1, 0.15) is 11.1 Å². The summed E-state index contributed by atoms with van der Waals surface area (Å²) >= 11 is 3.38. The van der Waals surface area contributed by atoms with Gasteiger partial charge in [0.1, 0.15) is 0 Å². The van der Waals surface area contributed by atoms with Crippen LogP contribution in [0.25, 0.3) is 0 Å². The van der Waals surface area contributed by atoms with Gasteiger partial charge in [0.2, 0.25) is 5.91 Å². The highest BCUT2D eigenvalue weighted by atomic mass is 79.9. The van der Waals surface area contributed by atoms with E-state index in [1.807, 2.05) is 0 Å². The van der Waals surface area contributed by atoms with Gasteiger partial charge in [-0.3, -0.25) is 4.79 Å². The molecule has 0 radical (unpaired) electrons. The van der Waals surface area contributed by atoms with Crippen LogP contribution in [0.4, 0.5) is 13.2 Å². The fraction of sp³-hybridized carbons (Fsp3) is 0.500. The first-order valence-corrected chi connectivity index (χ1v) is 7.18. The molecule has 1 amide bonds. The number of nitrogens with zero attached hydrogens (tertiary/aromatic N) is 1. The molecule has 7 heteroatoms. The normalized spacial score (nSPS) is 13.0. The Morgan fingerprint density at radius 1 is 1.33 bits per heavy atom. The molecule has 1 atom stereocenters. The Morgan fingerprint density at radius 2 is 1.90 bits per heavy atom. The van der Waals surface area contributed by atoms with E-state index < -0.39 is 11.7 Å². The minimum absolute atomic E-state index is 0.0176. The van der Waals surface area contributed by atoms with Crippen molar-refractivity contribution >= 4 is 21.8 Å². The van der Waals surface area contributed by atoms with Gasteiger partial charge in [0, 0.05) is 20.7 Å². The fourth-order valence-electron chi connectivity index (χ4n) is 1.75. The molecule has 21 heavy (non-hydrogen) atoms. The van der Waals surface area contributed by atoms with Gasteiger partial charge in [-0.15, -0.1) is 0 Å². The first-order chi connectivity index (χ1) is 9.74. The largest absolute Gasteiger partial charge is 0.416 e. The summed E-state index contributed by atoms with van der Waals surface area (Å²) in [6.45, 7) is 0.936. The summed E-state index contributed by atoms with van der Waals surface area (Å²) in [5, 5.41) is 0. The predicted octanol–water partition coefficient (Wildman–Crippen LogP) is 3.12. The number of alkyl halides is 4. The lowest BCUT2D eigenvalue weighted by molar-refractivity contribution is -0.137. The molecule has 1 unspecified atom stereocenters. The van der Waals surface area contributed by atoms with E-state index in [1.54, 1.807) is 14.2 Å². The highest BCUT2D eigenvalue weighted by molar-refractivity contribution is 9.09. The van der Waals surface area contributed by atoms with Crippen molar-refractivity contribution in [2.75, 3.05) is 27.3 Å². The first kappa shape index (κ1) is 18.0. The lowest BCUT2D eigenvalue weighted by Gasteiger charge is -2.20. The average molecular weight is 368 g/mol. The van der Waals surface area contributed by atoms with Gasteiger partial charge >= 0.3 is 6.18 Å². The van der Waals surface area contributed by atoms with E-state index in [0.29, 0.717) is 18.7 Å². The van der Waals surface area contributed by atoms with Crippen LogP contribution in [0.3, 0.4) is 0 Å². The van der Waals surface area contributed by atoms with Crippen LogP contribution in [-0.2, 0) is 22.1 Å². The number of benzene rings is 1. The maximum atomic E-state index is 12.4. The van der Waals surface area contributed by atoms with E-state index >= 15 is 0 Å². The minimum Gasteiger partial charge on any atom is -0.383 e. The van der Waals surface area contributed by atoms with E-state index in [0.717, 1.165) is 12.1 Å². The Kier molecular flexibility index (Phi) is 6.67. The Balaban J connectivity index is 2.58. The smallest absolute Gasteiger partial charge is 0.383 e. The molecule has 0 saturated heterocycles. The van der Waals surface area contributed by atoms with Crippen molar-refractivity contribution < 1.29 is 22.7 Å².